The molecule has 0 saturated heterocycles. The van der Waals surface area contributed by atoms with Gasteiger partial charge < -0.3 is 0 Å². The van der Waals surface area contributed by atoms with Crippen molar-refractivity contribution in [3.8, 4) is 18.2 Å². The lowest BCUT2D eigenvalue weighted by Gasteiger charge is -2.10. The van der Waals surface area contributed by atoms with E-state index in [1.165, 1.54) is 0 Å². The fraction of sp³-hybridized carbons (Fsp3) is 0.133. The van der Waals surface area contributed by atoms with Crippen LogP contribution in [0.15, 0.2) is 24.3 Å². The molecule has 2 aromatic rings. The Kier molecular flexibility index (Phi) is 2.96. The molecule has 18 heavy (non-hydrogen) atoms. The van der Waals surface area contributed by atoms with Crippen LogP contribution < -0.4 is 0 Å². The molecule has 0 saturated carbocycles. The normalized spacial score (nSPS) is 9.44. The lowest BCUT2D eigenvalue weighted by atomic mass is 9.89. The summed E-state index contributed by atoms with van der Waals surface area (Å²) in [4.78, 5) is 0. The maximum atomic E-state index is 9.23. The second-order valence-electron chi connectivity index (χ2n) is 3.84. The van der Waals surface area contributed by atoms with E-state index in [4.69, 9.17) is 0 Å². The van der Waals surface area contributed by atoms with Gasteiger partial charge in [0, 0.05) is 5.39 Å². The lowest BCUT2D eigenvalue weighted by molar-refractivity contribution is 1.14. The molecule has 0 spiro atoms. The Labute approximate surface area is 105 Å². The maximum absolute atomic E-state index is 9.23. The maximum Gasteiger partial charge on any atom is 0.102 e. The summed E-state index contributed by atoms with van der Waals surface area (Å²) in [5.41, 5.74) is 1.65. The molecule has 0 unspecified atom stereocenters. The van der Waals surface area contributed by atoms with Crippen LogP contribution in [0, 0.1) is 34.0 Å². The summed E-state index contributed by atoms with van der Waals surface area (Å²) in [6, 6.07) is 13.5. The summed E-state index contributed by atoms with van der Waals surface area (Å²) in [6.07, 6.45) is 0.657. The van der Waals surface area contributed by atoms with Crippen molar-refractivity contribution in [3.05, 3.63) is 46.5 Å². The largest absolute Gasteiger partial charge is 0.192 e. The molecule has 0 bridgehead atoms. The lowest BCUT2D eigenvalue weighted by Crippen LogP contribution is -1.99. The second-order valence-corrected chi connectivity index (χ2v) is 3.84. The van der Waals surface area contributed by atoms with Crippen LogP contribution in [0.3, 0.4) is 0 Å². The highest BCUT2D eigenvalue weighted by Crippen LogP contribution is 2.30. The Hall–Kier alpha value is -2.83. The highest BCUT2D eigenvalue weighted by molar-refractivity contribution is 5.95. The topological polar surface area (TPSA) is 71.4 Å². The molecule has 0 fully saturated rings. The van der Waals surface area contributed by atoms with Crippen molar-refractivity contribution in [2.24, 2.45) is 0 Å². The summed E-state index contributed by atoms with van der Waals surface area (Å²) in [7, 11) is 0. The van der Waals surface area contributed by atoms with Crippen LogP contribution >= 0.6 is 0 Å². The minimum Gasteiger partial charge on any atom is -0.192 e. The standard InChI is InChI=1S/C15H9N3/c1-2-10-11-5-3-4-6-12(11)14(8-17)15(9-18)13(10)7-16/h3-6H,2H2,1H3. The van der Waals surface area contributed by atoms with Gasteiger partial charge in [-0.25, -0.2) is 0 Å². The van der Waals surface area contributed by atoms with Crippen LogP contribution in [0.2, 0.25) is 0 Å². The Morgan fingerprint density at radius 1 is 0.833 bits per heavy atom. The first-order valence-electron chi connectivity index (χ1n) is 5.56. The van der Waals surface area contributed by atoms with Gasteiger partial charge in [0.25, 0.3) is 0 Å². The van der Waals surface area contributed by atoms with Crippen molar-refractivity contribution in [1.82, 2.24) is 0 Å². The number of rotatable bonds is 1. The Balaban J connectivity index is 3.13. The molecular formula is C15H9N3. The fourth-order valence-corrected chi connectivity index (χ4v) is 2.23. The van der Waals surface area contributed by atoms with E-state index in [2.05, 4.69) is 6.07 Å². The molecule has 84 valence electrons. The number of aryl methyl sites for hydroxylation is 1. The average molecular weight is 231 g/mol. The van der Waals surface area contributed by atoms with Gasteiger partial charge >= 0.3 is 0 Å². The van der Waals surface area contributed by atoms with E-state index in [9.17, 15) is 15.8 Å². The van der Waals surface area contributed by atoms with Crippen LogP contribution in [0.1, 0.15) is 29.2 Å². The zero-order valence-corrected chi connectivity index (χ0v) is 9.86. The predicted molar refractivity (Wildman–Crippen MR) is 67.5 cm³/mol. The smallest absolute Gasteiger partial charge is 0.102 e. The van der Waals surface area contributed by atoms with E-state index in [-0.39, 0.29) is 5.56 Å². The van der Waals surface area contributed by atoms with Crippen LogP contribution in [0.5, 0.6) is 0 Å². The van der Waals surface area contributed by atoms with Gasteiger partial charge in [0.05, 0.1) is 16.7 Å². The Bertz CT molecular complexity index is 752. The molecule has 0 aliphatic heterocycles. The van der Waals surface area contributed by atoms with Crippen molar-refractivity contribution in [2.75, 3.05) is 0 Å². The van der Waals surface area contributed by atoms with E-state index in [1.54, 1.807) is 0 Å². The van der Waals surface area contributed by atoms with Gasteiger partial charge in [-0.2, -0.15) is 15.8 Å². The Morgan fingerprint density at radius 3 is 1.89 bits per heavy atom. The highest BCUT2D eigenvalue weighted by atomic mass is 14.3. The number of fused-ring (bicyclic) bond motifs is 1. The molecule has 0 aromatic heterocycles. The first kappa shape index (κ1) is 11.6. The molecule has 3 heteroatoms. The van der Waals surface area contributed by atoms with Gasteiger partial charge in [0.1, 0.15) is 18.2 Å². The van der Waals surface area contributed by atoms with Gasteiger partial charge in [0.15, 0.2) is 0 Å². The van der Waals surface area contributed by atoms with Gasteiger partial charge in [0.2, 0.25) is 0 Å². The second kappa shape index (κ2) is 4.58. The number of nitrogens with zero attached hydrogens (tertiary/aromatic N) is 3. The van der Waals surface area contributed by atoms with Gasteiger partial charge in [-0.15, -0.1) is 0 Å². The third-order valence-electron chi connectivity index (χ3n) is 3.01. The molecule has 0 heterocycles. The quantitative estimate of drug-likeness (QED) is 0.757. The van der Waals surface area contributed by atoms with E-state index in [1.807, 2.05) is 43.3 Å². The van der Waals surface area contributed by atoms with Crippen molar-refractivity contribution >= 4 is 10.8 Å². The summed E-state index contributed by atoms with van der Waals surface area (Å²) >= 11 is 0. The first-order valence-corrected chi connectivity index (χ1v) is 5.56. The Morgan fingerprint density at radius 2 is 1.39 bits per heavy atom. The van der Waals surface area contributed by atoms with Gasteiger partial charge in [-0.3, -0.25) is 0 Å². The number of benzene rings is 2. The number of hydrogen-bond donors (Lipinski definition) is 0. The molecule has 0 aliphatic carbocycles. The van der Waals surface area contributed by atoms with Crippen molar-refractivity contribution in [3.63, 3.8) is 0 Å². The predicted octanol–water partition coefficient (Wildman–Crippen LogP) is 3.02. The van der Waals surface area contributed by atoms with Crippen LogP contribution in [-0.4, -0.2) is 0 Å². The molecule has 3 nitrogen and oxygen atoms in total. The van der Waals surface area contributed by atoms with Crippen LogP contribution in [0.25, 0.3) is 10.8 Å². The SMILES string of the molecule is CCc1c(C#N)c(C#N)c(C#N)c2ccccc12. The zero-order valence-electron chi connectivity index (χ0n) is 9.86. The van der Waals surface area contributed by atoms with Gasteiger partial charge in [-0.1, -0.05) is 31.2 Å². The van der Waals surface area contributed by atoms with Crippen LogP contribution in [-0.2, 0) is 6.42 Å². The van der Waals surface area contributed by atoms with Crippen molar-refractivity contribution in [2.45, 2.75) is 13.3 Å². The molecule has 0 amide bonds. The minimum atomic E-state index is 0.190. The van der Waals surface area contributed by atoms with Crippen LogP contribution in [0.4, 0.5) is 0 Å². The fourth-order valence-electron chi connectivity index (χ4n) is 2.23. The van der Waals surface area contributed by atoms with Crippen molar-refractivity contribution in [1.29, 1.82) is 15.8 Å². The average Bonchev–Trinajstić information content (AvgIpc) is 2.44. The molecule has 2 aromatic carbocycles. The molecule has 0 radical (unpaired) electrons. The molecule has 0 N–H and O–H groups in total. The molecule has 2 rings (SSSR count). The van der Waals surface area contributed by atoms with E-state index < -0.39 is 0 Å². The summed E-state index contributed by atoms with van der Waals surface area (Å²) in [5, 5.41) is 29.3. The molecule has 0 aliphatic rings. The van der Waals surface area contributed by atoms with E-state index in [0.717, 1.165) is 16.3 Å². The summed E-state index contributed by atoms with van der Waals surface area (Å²) in [6.45, 7) is 1.94. The number of nitriles is 3. The number of hydrogen-bond acceptors (Lipinski definition) is 3. The van der Waals surface area contributed by atoms with E-state index in [0.29, 0.717) is 17.5 Å². The third kappa shape index (κ3) is 1.49. The summed E-state index contributed by atoms with van der Waals surface area (Å²) in [5.74, 6) is 0. The van der Waals surface area contributed by atoms with E-state index >= 15 is 0 Å². The zero-order chi connectivity index (χ0) is 13.1. The molecule has 0 atom stereocenters. The monoisotopic (exact) mass is 231 g/mol. The minimum absolute atomic E-state index is 0.190. The molecular weight excluding hydrogens is 222 g/mol. The first-order chi connectivity index (χ1) is 8.78. The highest BCUT2D eigenvalue weighted by Gasteiger charge is 2.17. The third-order valence-corrected chi connectivity index (χ3v) is 3.01. The van der Waals surface area contributed by atoms with Gasteiger partial charge in [-0.05, 0) is 17.4 Å². The van der Waals surface area contributed by atoms with Crippen molar-refractivity contribution < 1.29 is 0 Å². The summed E-state index contributed by atoms with van der Waals surface area (Å²) < 4.78 is 0.